The van der Waals surface area contributed by atoms with Crippen molar-refractivity contribution in [1.82, 2.24) is 35.4 Å². The molecule has 1 aliphatic rings. The molecule has 0 aliphatic heterocycles. The first kappa shape index (κ1) is 19.7. The zero-order valence-electron chi connectivity index (χ0n) is 16.7. The van der Waals surface area contributed by atoms with E-state index in [0.717, 1.165) is 42.8 Å². The number of hydrogen-bond acceptors (Lipinski definition) is 7. The number of thiazole rings is 1. The molecule has 4 rings (SSSR count). The van der Waals surface area contributed by atoms with Gasteiger partial charge < -0.3 is 10.2 Å². The highest BCUT2D eigenvalue weighted by Crippen LogP contribution is 2.28. The normalized spacial score (nSPS) is 19.4. The quantitative estimate of drug-likeness (QED) is 0.671. The van der Waals surface area contributed by atoms with Crippen molar-refractivity contribution >= 4 is 17.2 Å². The summed E-state index contributed by atoms with van der Waals surface area (Å²) in [6, 6.07) is 10.3. The summed E-state index contributed by atoms with van der Waals surface area (Å²) in [7, 11) is 3.98. The van der Waals surface area contributed by atoms with E-state index in [1.807, 2.05) is 54.7 Å². The third-order valence-corrected chi connectivity index (χ3v) is 5.89. The molecule has 8 nitrogen and oxygen atoms in total. The molecule has 1 aromatic carbocycles. The number of tetrazole rings is 1. The number of rotatable bonds is 6. The van der Waals surface area contributed by atoms with Gasteiger partial charge in [0.05, 0.1) is 6.04 Å². The lowest BCUT2D eigenvalue weighted by Gasteiger charge is -2.27. The Bertz CT molecular complexity index is 945. The van der Waals surface area contributed by atoms with E-state index < -0.39 is 0 Å². The summed E-state index contributed by atoms with van der Waals surface area (Å²) in [4.78, 5) is 20.7. The van der Waals surface area contributed by atoms with Crippen LogP contribution in [0, 0.1) is 0 Å². The van der Waals surface area contributed by atoms with E-state index in [0.29, 0.717) is 11.5 Å². The summed E-state index contributed by atoms with van der Waals surface area (Å²) in [6.07, 6.45) is 3.62. The zero-order chi connectivity index (χ0) is 20.2. The van der Waals surface area contributed by atoms with Gasteiger partial charge >= 0.3 is 0 Å². The maximum Gasteiger partial charge on any atom is 0.270 e. The molecule has 1 aliphatic carbocycles. The maximum atomic E-state index is 12.5. The van der Waals surface area contributed by atoms with E-state index in [9.17, 15) is 4.79 Å². The van der Waals surface area contributed by atoms with E-state index >= 15 is 0 Å². The van der Waals surface area contributed by atoms with Crippen LogP contribution in [0.15, 0.2) is 35.7 Å². The summed E-state index contributed by atoms with van der Waals surface area (Å²) in [5.74, 6) is 0.568. The van der Waals surface area contributed by atoms with Crippen molar-refractivity contribution in [3.05, 3.63) is 46.4 Å². The molecule has 1 fully saturated rings. The first-order valence-electron chi connectivity index (χ1n) is 9.83. The van der Waals surface area contributed by atoms with Gasteiger partial charge in [0.1, 0.15) is 10.7 Å². The van der Waals surface area contributed by atoms with Gasteiger partial charge in [0, 0.05) is 23.5 Å². The minimum atomic E-state index is -0.0834. The number of aromatic nitrogens is 5. The van der Waals surface area contributed by atoms with E-state index in [1.54, 1.807) is 4.80 Å². The standard InChI is InChI=1S/C20H25N7OS/c1-26(2)12-18-22-17(13-29-18)20(28)21-15-8-10-16(11-9-15)27-24-19(23-25-27)14-6-4-3-5-7-14/h3-7,13,15-16H,8-12H2,1-2H3,(H,21,28). The molecule has 152 valence electrons. The minimum absolute atomic E-state index is 0.0834. The predicted octanol–water partition coefficient (Wildman–Crippen LogP) is 2.77. The van der Waals surface area contributed by atoms with Crippen molar-refractivity contribution in [3.63, 3.8) is 0 Å². The van der Waals surface area contributed by atoms with Crippen LogP contribution in [0.25, 0.3) is 11.4 Å². The molecular weight excluding hydrogens is 386 g/mol. The van der Waals surface area contributed by atoms with Gasteiger partial charge in [-0.3, -0.25) is 4.79 Å². The second kappa shape index (κ2) is 8.79. The topological polar surface area (TPSA) is 88.8 Å². The molecule has 29 heavy (non-hydrogen) atoms. The van der Waals surface area contributed by atoms with E-state index in [4.69, 9.17) is 0 Å². The molecule has 0 unspecified atom stereocenters. The maximum absolute atomic E-state index is 12.5. The van der Waals surface area contributed by atoms with Gasteiger partial charge in [0.2, 0.25) is 5.82 Å². The summed E-state index contributed by atoms with van der Waals surface area (Å²) < 4.78 is 0. The SMILES string of the molecule is CN(C)Cc1nc(C(=O)NC2CCC(n3nnc(-c4ccccc4)n3)CC2)cs1. The van der Waals surface area contributed by atoms with Crippen LogP contribution in [0.1, 0.15) is 47.2 Å². The van der Waals surface area contributed by atoms with Gasteiger partial charge in [-0.05, 0) is 45.0 Å². The summed E-state index contributed by atoms with van der Waals surface area (Å²) in [6.45, 7) is 0.749. The fourth-order valence-corrected chi connectivity index (χ4v) is 4.44. The van der Waals surface area contributed by atoms with Crippen LogP contribution in [0.3, 0.4) is 0 Å². The molecule has 0 spiro atoms. The van der Waals surface area contributed by atoms with Crippen LogP contribution in [-0.2, 0) is 6.54 Å². The number of benzene rings is 1. The first-order chi connectivity index (χ1) is 14.1. The van der Waals surface area contributed by atoms with Crippen LogP contribution in [0.2, 0.25) is 0 Å². The van der Waals surface area contributed by atoms with Crippen LogP contribution in [0.5, 0.6) is 0 Å². The Labute approximate surface area is 174 Å². The van der Waals surface area contributed by atoms with Crippen molar-refractivity contribution in [2.45, 2.75) is 44.3 Å². The van der Waals surface area contributed by atoms with Crippen molar-refractivity contribution in [2.75, 3.05) is 14.1 Å². The fourth-order valence-electron chi connectivity index (χ4n) is 3.55. The Balaban J connectivity index is 1.30. The van der Waals surface area contributed by atoms with Crippen LogP contribution >= 0.6 is 11.3 Å². The number of carbonyl (C=O) groups is 1. The number of nitrogens with zero attached hydrogens (tertiary/aromatic N) is 6. The molecular formula is C20H25N7OS. The predicted molar refractivity (Wildman–Crippen MR) is 112 cm³/mol. The molecule has 1 N–H and O–H groups in total. The second-order valence-electron chi connectivity index (χ2n) is 7.64. The number of carbonyl (C=O) groups excluding carboxylic acids is 1. The Hall–Kier alpha value is -2.65. The van der Waals surface area contributed by atoms with Crippen molar-refractivity contribution < 1.29 is 4.79 Å². The first-order valence-corrected chi connectivity index (χ1v) is 10.7. The molecule has 0 radical (unpaired) electrons. The number of nitrogens with one attached hydrogen (secondary N) is 1. The van der Waals surface area contributed by atoms with Crippen molar-refractivity contribution in [1.29, 1.82) is 0 Å². The van der Waals surface area contributed by atoms with E-state index in [2.05, 4.69) is 25.7 Å². The summed E-state index contributed by atoms with van der Waals surface area (Å²) in [5.41, 5.74) is 1.48. The van der Waals surface area contributed by atoms with Gasteiger partial charge in [-0.25, -0.2) is 4.98 Å². The molecule has 1 amide bonds. The average molecular weight is 412 g/mol. The number of amides is 1. The molecule has 2 heterocycles. The monoisotopic (exact) mass is 411 g/mol. The Morgan fingerprint density at radius 2 is 1.97 bits per heavy atom. The highest BCUT2D eigenvalue weighted by atomic mass is 32.1. The molecule has 9 heteroatoms. The summed E-state index contributed by atoms with van der Waals surface area (Å²) >= 11 is 1.53. The zero-order valence-corrected chi connectivity index (χ0v) is 17.5. The van der Waals surface area contributed by atoms with Crippen LogP contribution in [-0.4, -0.2) is 56.1 Å². The smallest absolute Gasteiger partial charge is 0.270 e. The lowest BCUT2D eigenvalue weighted by atomic mass is 9.91. The van der Waals surface area contributed by atoms with Gasteiger partial charge in [0.15, 0.2) is 0 Å². The molecule has 0 bridgehead atoms. The third-order valence-electron chi connectivity index (χ3n) is 5.05. The molecule has 1 saturated carbocycles. The van der Waals surface area contributed by atoms with Crippen LogP contribution in [0.4, 0.5) is 0 Å². The van der Waals surface area contributed by atoms with Gasteiger partial charge in [-0.15, -0.1) is 21.5 Å². The van der Waals surface area contributed by atoms with Crippen LogP contribution < -0.4 is 5.32 Å². The van der Waals surface area contributed by atoms with E-state index in [1.165, 1.54) is 11.3 Å². The third kappa shape index (κ3) is 4.86. The Morgan fingerprint density at radius 1 is 1.21 bits per heavy atom. The number of hydrogen-bond donors (Lipinski definition) is 1. The summed E-state index contributed by atoms with van der Waals surface area (Å²) in [5, 5.41) is 18.9. The minimum Gasteiger partial charge on any atom is -0.348 e. The average Bonchev–Trinajstić information content (AvgIpc) is 3.39. The lowest BCUT2D eigenvalue weighted by molar-refractivity contribution is 0.0916. The van der Waals surface area contributed by atoms with E-state index in [-0.39, 0.29) is 18.0 Å². The highest BCUT2D eigenvalue weighted by molar-refractivity contribution is 7.09. The molecule has 0 saturated heterocycles. The van der Waals surface area contributed by atoms with Gasteiger partial charge in [-0.1, -0.05) is 30.3 Å². The highest BCUT2D eigenvalue weighted by Gasteiger charge is 2.26. The molecule has 0 atom stereocenters. The fraction of sp³-hybridized carbons (Fsp3) is 0.450. The van der Waals surface area contributed by atoms with Crippen molar-refractivity contribution in [2.24, 2.45) is 0 Å². The Morgan fingerprint density at radius 3 is 2.69 bits per heavy atom. The largest absolute Gasteiger partial charge is 0.348 e. The second-order valence-corrected chi connectivity index (χ2v) is 8.59. The lowest BCUT2D eigenvalue weighted by Crippen LogP contribution is -2.38. The van der Waals surface area contributed by atoms with Gasteiger partial charge in [-0.2, -0.15) is 4.80 Å². The van der Waals surface area contributed by atoms with Crippen molar-refractivity contribution in [3.8, 4) is 11.4 Å². The molecule has 3 aromatic rings. The van der Waals surface area contributed by atoms with Gasteiger partial charge in [0.25, 0.3) is 5.91 Å². The molecule has 2 aromatic heterocycles. The Kier molecular flexibility index (Phi) is 5.96.